The van der Waals surface area contributed by atoms with Crippen LogP contribution < -0.4 is 5.32 Å². The molecule has 1 aliphatic heterocycles. The number of aryl methyl sites for hydroxylation is 1. The van der Waals surface area contributed by atoms with E-state index in [9.17, 15) is 9.59 Å². The van der Waals surface area contributed by atoms with Gasteiger partial charge in [-0.2, -0.15) is 0 Å². The first-order valence-corrected chi connectivity index (χ1v) is 12.7. The van der Waals surface area contributed by atoms with Gasteiger partial charge < -0.3 is 5.32 Å². The first-order valence-electron chi connectivity index (χ1n) is 12.5. The molecule has 1 spiro atoms. The summed E-state index contributed by atoms with van der Waals surface area (Å²) >= 11 is 12.6. The van der Waals surface area contributed by atoms with E-state index >= 15 is 0 Å². The summed E-state index contributed by atoms with van der Waals surface area (Å²) in [4.78, 5) is 27.7. The Kier molecular flexibility index (Phi) is 5.99. The van der Waals surface area contributed by atoms with Crippen LogP contribution >= 0.6 is 23.2 Å². The zero-order valence-corrected chi connectivity index (χ0v) is 21.3. The average molecular weight is 506 g/mol. The van der Waals surface area contributed by atoms with Gasteiger partial charge in [-0.1, -0.05) is 79.0 Å². The normalized spacial score (nSPS) is 21.5. The predicted octanol–water partition coefficient (Wildman–Crippen LogP) is 7.67. The highest BCUT2D eigenvalue weighted by atomic mass is 35.5. The van der Waals surface area contributed by atoms with Crippen LogP contribution in [0.3, 0.4) is 0 Å². The fourth-order valence-electron chi connectivity index (χ4n) is 5.59. The van der Waals surface area contributed by atoms with Crippen LogP contribution in [0, 0.1) is 6.92 Å². The van der Waals surface area contributed by atoms with Gasteiger partial charge in [0.15, 0.2) is 5.78 Å². The number of fused-ring (bicyclic) bond motifs is 2. The van der Waals surface area contributed by atoms with E-state index in [2.05, 4.69) is 25.2 Å². The Hall–Kier alpha value is -2.88. The molecule has 0 aromatic heterocycles. The number of carbonyl (C=O) groups is 2. The minimum absolute atomic E-state index is 0.0179. The van der Waals surface area contributed by atoms with Gasteiger partial charge in [0, 0.05) is 33.6 Å². The number of hydrogen-bond donors (Lipinski definition) is 1. The molecular formula is C30H27Cl2NO2. The van der Waals surface area contributed by atoms with Crippen LogP contribution in [0.15, 0.2) is 66.7 Å². The molecule has 0 radical (unpaired) electrons. The Balaban J connectivity index is 1.78. The molecule has 35 heavy (non-hydrogen) atoms. The molecule has 5 rings (SSSR count). The molecule has 1 amide bonds. The van der Waals surface area contributed by atoms with E-state index in [0.717, 1.165) is 41.5 Å². The number of unbranched alkanes of at least 4 members (excludes halogenated alkanes) is 1. The van der Waals surface area contributed by atoms with Crippen LogP contribution in [0.5, 0.6) is 0 Å². The average Bonchev–Trinajstić information content (AvgIpc) is 3.09. The van der Waals surface area contributed by atoms with E-state index in [1.807, 2.05) is 24.3 Å². The van der Waals surface area contributed by atoms with Crippen molar-refractivity contribution in [3.8, 4) is 0 Å². The number of anilines is 1. The van der Waals surface area contributed by atoms with Crippen molar-refractivity contribution < 1.29 is 11.0 Å². The summed E-state index contributed by atoms with van der Waals surface area (Å²) in [5.74, 6) is -0.734. The number of Topliss-reactive ketones (excluding diaryl/α,β-unsaturated/α-hetero) is 1. The third-order valence-corrected chi connectivity index (χ3v) is 7.77. The smallest absolute Gasteiger partial charge is 0.239 e. The molecule has 3 nitrogen and oxygen atoms in total. The number of carbonyl (C=O) groups excluding carboxylic acids is 2. The van der Waals surface area contributed by atoms with Gasteiger partial charge >= 0.3 is 0 Å². The molecule has 1 aliphatic carbocycles. The first-order chi connectivity index (χ1) is 17.2. The fraction of sp³-hybridized carbons (Fsp3) is 0.267. The summed E-state index contributed by atoms with van der Waals surface area (Å²) in [5.41, 5.74) is 4.75. The maximum absolute atomic E-state index is 13.9. The first kappa shape index (κ1) is 22.6. The van der Waals surface area contributed by atoms with Crippen molar-refractivity contribution in [2.24, 2.45) is 0 Å². The highest BCUT2D eigenvalue weighted by Gasteiger charge is 2.54. The molecule has 0 unspecified atom stereocenters. The molecule has 0 bridgehead atoms. The van der Waals surface area contributed by atoms with Gasteiger partial charge in [-0.3, -0.25) is 9.59 Å². The lowest BCUT2D eigenvalue weighted by Crippen LogP contribution is -2.43. The van der Waals surface area contributed by atoms with Gasteiger partial charge in [0.2, 0.25) is 5.91 Å². The third kappa shape index (κ3) is 4.01. The lowest BCUT2D eigenvalue weighted by Gasteiger charge is -2.38. The van der Waals surface area contributed by atoms with Gasteiger partial charge in [-0.15, -0.1) is 0 Å². The second-order valence-corrected chi connectivity index (χ2v) is 10.3. The van der Waals surface area contributed by atoms with E-state index < -0.39 is 11.3 Å². The summed E-state index contributed by atoms with van der Waals surface area (Å²) < 4.78 is 8.22. The van der Waals surface area contributed by atoms with Crippen LogP contribution in [-0.4, -0.2) is 11.7 Å². The summed E-state index contributed by atoms with van der Waals surface area (Å²) in [6.45, 7) is 4.22. The molecule has 0 saturated heterocycles. The maximum Gasteiger partial charge on any atom is 0.239 e. The molecule has 3 aromatic rings. The zero-order chi connectivity index (χ0) is 25.6. The number of rotatable bonds is 5. The minimum atomic E-state index is -1.13. The number of nitrogens with one attached hydrogen (secondary N) is 1. The lowest BCUT2D eigenvalue weighted by molar-refractivity contribution is -0.121. The van der Waals surface area contributed by atoms with Gasteiger partial charge in [-0.05, 0) is 71.8 Å². The van der Waals surface area contributed by atoms with Crippen LogP contribution in [0.2, 0.25) is 10.0 Å². The summed E-state index contributed by atoms with van der Waals surface area (Å²) in [6.07, 6.45) is 4.93. The van der Waals surface area contributed by atoms with Gasteiger partial charge in [0.25, 0.3) is 0 Å². The van der Waals surface area contributed by atoms with Crippen molar-refractivity contribution in [1.29, 1.82) is 0 Å². The number of allylic oxidation sites excluding steroid dienone is 1. The van der Waals surface area contributed by atoms with Crippen molar-refractivity contribution in [3.05, 3.63) is 105 Å². The quantitative estimate of drug-likeness (QED) is 0.386. The summed E-state index contributed by atoms with van der Waals surface area (Å²) in [6, 6.07) is 16.7. The summed E-state index contributed by atoms with van der Waals surface area (Å²) in [5, 5.41) is 3.95. The second kappa shape index (κ2) is 9.29. The largest absolute Gasteiger partial charge is 0.325 e. The third-order valence-electron chi connectivity index (χ3n) is 7.32. The van der Waals surface area contributed by atoms with E-state index in [0.29, 0.717) is 26.9 Å². The van der Waals surface area contributed by atoms with Crippen LogP contribution in [0.4, 0.5) is 5.69 Å². The van der Waals surface area contributed by atoms with E-state index in [-0.39, 0.29) is 24.2 Å². The van der Waals surface area contributed by atoms with Gasteiger partial charge in [0.1, 0.15) is 5.41 Å². The van der Waals surface area contributed by atoms with Gasteiger partial charge in [0.05, 0.1) is 1.37 Å². The molecule has 0 fully saturated rings. The molecule has 1 heterocycles. The van der Waals surface area contributed by atoms with Crippen LogP contribution in [-0.2, 0) is 21.4 Å². The Morgan fingerprint density at radius 1 is 1.09 bits per heavy atom. The van der Waals surface area contributed by atoms with E-state index in [4.69, 9.17) is 24.6 Å². The predicted molar refractivity (Wildman–Crippen MR) is 143 cm³/mol. The Morgan fingerprint density at radius 2 is 1.89 bits per heavy atom. The lowest BCUT2D eigenvalue weighted by atomic mass is 9.61. The molecule has 5 heteroatoms. The van der Waals surface area contributed by atoms with Crippen molar-refractivity contribution in [2.45, 2.75) is 50.9 Å². The fourth-order valence-corrected chi connectivity index (χ4v) is 5.95. The van der Waals surface area contributed by atoms with Crippen molar-refractivity contribution >= 4 is 46.2 Å². The van der Waals surface area contributed by atoms with Crippen LogP contribution in [0.25, 0.3) is 5.57 Å². The number of amides is 1. The topological polar surface area (TPSA) is 46.2 Å². The number of benzene rings is 3. The number of hydrogen-bond acceptors (Lipinski definition) is 2. The molecule has 178 valence electrons. The van der Waals surface area contributed by atoms with Crippen molar-refractivity contribution in [2.75, 3.05) is 5.32 Å². The van der Waals surface area contributed by atoms with Crippen molar-refractivity contribution in [3.63, 3.8) is 0 Å². The molecule has 1 N–H and O–H groups in total. The maximum atomic E-state index is 13.9. The summed E-state index contributed by atoms with van der Waals surface area (Å²) in [7, 11) is 0. The highest BCUT2D eigenvalue weighted by Crippen LogP contribution is 2.54. The zero-order valence-electron chi connectivity index (χ0n) is 20.8. The molecular weight excluding hydrogens is 477 g/mol. The SMILES string of the molecule is [3H]c1cc(Cl)cc([C@@H]2CC(=O)C(c3cccc(C)c3CCCC)=C[C@@]23C(=O)Nc2cc(Cl)ccc23)c1. The van der Waals surface area contributed by atoms with E-state index in [1.165, 1.54) is 0 Å². The number of halogens is 2. The second-order valence-electron chi connectivity index (χ2n) is 9.44. The van der Waals surface area contributed by atoms with Gasteiger partial charge in [-0.25, -0.2) is 0 Å². The van der Waals surface area contributed by atoms with E-state index in [1.54, 1.807) is 30.3 Å². The molecule has 2 atom stereocenters. The molecule has 2 aliphatic rings. The standard InChI is InChI=1S/C30H27Cl2NO2/c1-3-4-10-22-18(2)7-5-11-23(22)24-17-30(25-13-12-21(32)15-27(25)33-29(30)35)26(16-28(24)34)19-8-6-9-20(31)14-19/h5-9,11-15,17,26H,3-4,10,16H2,1-2H3,(H,33,35)/t26-,30-/m0/s1/i6T. The Morgan fingerprint density at radius 3 is 2.66 bits per heavy atom. The van der Waals surface area contributed by atoms with Crippen molar-refractivity contribution in [1.82, 2.24) is 0 Å². The monoisotopic (exact) mass is 505 g/mol. The number of ketones is 1. The Bertz CT molecular complexity index is 1410. The molecule has 3 aromatic carbocycles. The Labute approximate surface area is 217 Å². The minimum Gasteiger partial charge on any atom is -0.325 e. The molecule has 0 saturated carbocycles. The highest BCUT2D eigenvalue weighted by molar-refractivity contribution is 6.31. The van der Waals surface area contributed by atoms with Crippen LogP contribution in [0.1, 0.15) is 61.3 Å².